The van der Waals surface area contributed by atoms with E-state index >= 15 is 0 Å². The highest BCUT2D eigenvalue weighted by Crippen LogP contribution is 2.39. The summed E-state index contributed by atoms with van der Waals surface area (Å²) < 4.78 is 12.0. The largest absolute Gasteiger partial charge is 0.348 e. The molecule has 1 saturated heterocycles. The van der Waals surface area contributed by atoms with Gasteiger partial charge in [0.1, 0.15) is 11.8 Å². The summed E-state index contributed by atoms with van der Waals surface area (Å²) in [5.41, 5.74) is 1.28. The van der Waals surface area contributed by atoms with Gasteiger partial charge in [0.15, 0.2) is 5.79 Å². The summed E-state index contributed by atoms with van der Waals surface area (Å²) in [6.07, 6.45) is 4.14. The summed E-state index contributed by atoms with van der Waals surface area (Å²) >= 11 is 0. The first-order valence-electron chi connectivity index (χ1n) is 8.10. The molecule has 120 valence electrons. The van der Waals surface area contributed by atoms with Crippen molar-refractivity contribution in [3.8, 4) is 0 Å². The molecule has 2 aliphatic rings. The predicted molar refractivity (Wildman–Crippen MR) is 82.5 cm³/mol. The normalized spacial score (nSPS) is 31.4. The minimum atomic E-state index is -0.399. The van der Waals surface area contributed by atoms with Gasteiger partial charge in [-0.2, -0.15) is 0 Å². The molecular formula is C17H24N2O3. The van der Waals surface area contributed by atoms with Crippen molar-refractivity contribution in [3.05, 3.63) is 29.6 Å². The number of carbonyl (C=O) groups is 1. The van der Waals surface area contributed by atoms with E-state index in [9.17, 15) is 4.79 Å². The Labute approximate surface area is 131 Å². The fourth-order valence-electron chi connectivity index (χ4n) is 3.15. The van der Waals surface area contributed by atoms with Crippen LogP contribution in [0.5, 0.6) is 0 Å². The van der Waals surface area contributed by atoms with E-state index in [1.807, 2.05) is 19.1 Å². The first-order valence-corrected chi connectivity index (χ1v) is 8.10. The average molecular weight is 304 g/mol. The van der Waals surface area contributed by atoms with Crippen molar-refractivity contribution in [1.29, 1.82) is 0 Å². The Balaban J connectivity index is 1.50. The standard InChI is InChI=1S/C17H24N2O3/c1-12-6-8-17(9-7-12)21-11-14(22-17)10-18-16(20)15-5-3-4-13(2)19-15/h3-5,12,14H,6-11H2,1-2H3,(H,18,20)/t12?,14-,17?/m0/s1. The van der Waals surface area contributed by atoms with Crippen molar-refractivity contribution >= 4 is 5.91 Å². The summed E-state index contributed by atoms with van der Waals surface area (Å²) in [6.45, 7) is 5.16. The van der Waals surface area contributed by atoms with Gasteiger partial charge in [-0.05, 0) is 37.8 Å². The summed E-state index contributed by atoms with van der Waals surface area (Å²) in [7, 11) is 0. The molecule has 1 aromatic heterocycles. The Morgan fingerprint density at radius 1 is 1.41 bits per heavy atom. The highest BCUT2D eigenvalue weighted by Gasteiger charge is 2.43. The second-order valence-electron chi connectivity index (χ2n) is 6.52. The second kappa shape index (κ2) is 6.34. The Morgan fingerprint density at radius 3 is 2.91 bits per heavy atom. The number of ether oxygens (including phenoxy) is 2. The van der Waals surface area contributed by atoms with Gasteiger partial charge in [0.2, 0.25) is 0 Å². The van der Waals surface area contributed by atoms with Crippen LogP contribution in [-0.2, 0) is 9.47 Å². The summed E-state index contributed by atoms with van der Waals surface area (Å²) in [4.78, 5) is 16.3. The molecule has 22 heavy (non-hydrogen) atoms. The number of hydrogen-bond donors (Lipinski definition) is 1. The van der Waals surface area contributed by atoms with Crippen molar-refractivity contribution < 1.29 is 14.3 Å². The number of nitrogens with one attached hydrogen (secondary N) is 1. The van der Waals surface area contributed by atoms with Gasteiger partial charge in [-0.3, -0.25) is 4.79 Å². The van der Waals surface area contributed by atoms with Crippen molar-refractivity contribution in [2.45, 2.75) is 51.4 Å². The molecule has 1 atom stereocenters. The van der Waals surface area contributed by atoms with E-state index in [0.29, 0.717) is 18.8 Å². The van der Waals surface area contributed by atoms with E-state index in [0.717, 1.165) is 37.3 Å². The zero-order chi connectivity index (χ0) is 15.6. The SMILES string of the molecule is Cc1cccc(C(=O)NC[C@H]2COC3(CCC(C)CC3)O2)n1. The van der Waals surface area contributed by atoms with Crippen LogP contribution in [0, 0.1) is 12.8 Å². The molecule has 1 saturated carbocycles. The highest BCUT2D eigenvalue weighted by molar-refractivity contribution is 5.92. The molecular weight excluding hydrogens is 280 g/mol. The number of carbonyl (C=O) groups excluding carboxylic acids is 1. The quantitative estimate of drug-likeness (QED) is 0.932. The fourth-order valence-corrected chi connectivity index (χ4v) is 3.15. The predicted octanol–water partition coefficient (Wildman–Crippen LogP) is 2.44. The lowest BCUT2D eigenvalue weighted by molar-refractivity contribution is -0.191. The molecule has 2 fully saturated rings. The van der Waals surface area contributed by atoms with E-state index in [2.05, 4.69) is 17.2 Å². The maximum Gasteiger partial charge on any atom is 0.269 e. The van der Waals surface area contributed by atoms with Gasteiger partial charge in [-0.15, -0.1) is 0 Å². The van der Waals surface area contributed by atoms with Gasteiger partial charge in [-0.1, -0.05) is 13.0 Å². The first kappa shape index (κ1) is 15.4. The molecule has 1 aliphatic carbocycles. The smallest absolute Gasteiger partial charge is 0.269 e. The van der Waals surface area contributed by atoms with E-state index in [4.69, 9.17) is 9.47 Å². The van der Waals surface area contributed by atoms with Gasteiger partial charge in [0, 0.05) is 25.1 Å². The number of pyridine rings is 1. The molecule has 1 aromatic rings. The molecule has 2 heterocycles. The third kappa shape index (κ3) is 3.47. The van der Waals surface area contributed by atoms with Crippen LogP contribution in [0.3, 0.4) is 0 Å². The zero-order valence-electron chi connectivity index (χ0n) is 13.3. The lowest BCUT2D eigenvalue weighted by Crippen LogP contribution is -2.38. The Morgan fingerprint density at radius 2 is 2.18 bits per heavy atom. The zero-order valence-corrected chi connectivity index (χ0v) is 13.3. The van der Waals surface area contributed by atoms with Gasteiger partial charge >= 0.3 is 0 Å². The number of nitrogens with zero attached hydrogens (tertiary/aromatic N) is 1. The molecule has 5 heteroatoms. The van der Waals surface area contributed by atoms with Crippen LogP contribution in [0.2, 0.25) is 0 Å². The molecule has 5 nitrogen and oxygen atoms in total. The maximum atomic E-state index is 12.1. The molecule has 1 N–H and O–H groups in total. The van der Waals surface area contributed by atoms with Crippen molar-refractivity contribution in [2.75, 3.05) is 13.2 Å². The van der Waals surface area contributed by atoms with Gasteiger partial charge in [-0.25, -0.2) is 4.98 Å². The second-order valence-corrected chi connectivity index (χ2v) is 6.52. The van der Waals surface area contributed by atoms with Gasteiger partial charge < -0.3 is 14.8 Å². The van der Waals surface area contributed by atoms with Crippen LogP contribution in [0.4, 0.5) is 0 Å². The third-order valence-electron chi connectivity index (χ3n) is 4.56. The van der Waals surface area contributed by atoms with Crippen molar-refractivity contribution in [1.82, 2.24) is 10.3 Å². The maximum absolute atomic E-state index is 12.1. The van der Waals surface area contributed by atoms with Crippen LogP contribution in [0.25, 0.3) is 0 Å². The van der Waals surface area contributed by atoms with Crippen molar-refractivity contribution in [3.63, 3.8) is 0 Å². The topological polar surface area (TPSA) is 60.5 Å². The minimum absolute atomic E-state index is 0.0674. The van der Waals surface area contributed by atoms with E-state index in [1.165, 1.54) is 0 Å². The first-order chi connectivity index (χ1) is 10.6. The highest BCUT2D eigenvalue weighted by atomic mass is 16.7. The van der Waals surface area contributed by atoms with Gasteiger partial charge in [0.05, 0.1) is 6.61 Å². The number of aryl methyl sites for hydroxylation is 1. The molecule has 0 bridgehead atoms. The van der Waals surface area contributed by atoms with E-state index < -0.39 is 5.79 Å². The summed E-state index contributed by atoms with van der Waals surface area (Å²) in [5.74, 6) is 0.193. The molecule has 1 amide bonds. The van der Waals surface area contributed by atoms with E-state index in [-0.39, 0.29) is 12.0 Å². The van der Waals surface area contributed by atoms with E-state index in [1.54, 1.807) is 6.07 Å². The van der Waals surface area contributed by atoms with Crippen LogP contribution in [0.15, 0.2) is 18.2 Å². The van der Waals surface area contributed by atoms with Gasteiger partial charge in [0.25, 0.3) is 5.91 Å². The minimum Gasteiger partial charge on any atom is -0.348 e. The number of amides is 1. The fraction of sp³-hybridized carbons (Fsp3) is 0.647. The molecule has 0 aromatic carbocycles. The van der Waals surface area contributed by atoms with Crippen LogP contribution < -0.4 is 5.32 Å². The lowest BCUT2D eigenvalue weighted by atomic mass is 9.86. The van der Waals surface area contributed by atoms with Crippen LogP contribution in [0.1, 0.15) is 48.8 Å². The molecule has 0 radical (unpaired) electrons. The van der Waals surface area contributed by atoms with Crippen molar-refractivity contribution in [2.24, 2.45) is 5.92 Å². The molecule has 1 aliphatic heterocycles. The number of hydrogen-bond acceptors (Lipinski definition) is 4. The molecule has 3 rings (SSSR count). The Kier molecular flexibility index (Phi) is 4.45. The number of aromatic nitrogens is 1. The number of rotatable bonds is 3. The molecule has 0 unspecified atom stereocenters. The third-order valence-corrected chi connectivity index (χ3v) is 4.56. The summed E-state index contributed by atoms with van der Waals surface area (Å²) in [5, 5.41) is 2.89. The lowest BCUT2D eigenvalue weighted by Gasteiger charge is -2.34. The summed E-state index contributed by atoms with van der Waals surface area (Å²) in [6, 6.07) is 5.43. The Hall–Kier alpha value is -1.46. The van der Waals surface area contributed by atoms with Crippen LogP contribution in [-0.4, -0.2) is 35.9 Å². The monoisotopic (exact) mass is 304 g/mol. The average Bonchev–Trinajstić information content (AvgIpc) is 2.91. The molecule has 1 spiro atoms. The Bertz CT molecular complexity index is 538. The van der Waals surface area contributed by atoms with Crippen LogP contribution >= 0.6 is 0 Å².